The number of Topliss-reactive ketones (excluding diaryl/α,β-unsaturated/α-hetero) is 1. The number of carbonyl (C=O) groups excluding carboxylic acids is 1. The van der Waals surface area contributed by atoms with E-state index >= 15 is 0 Å². The van der Waals surface area contributed by atoms with Crippen molar-refractivity contribution in [1.82, 2.24) is 0 Å². The molecule has 4 rings (SSSR count). The van der Waals surface area contributed by atoms with Crippen molar-refractivity contribution >= 4 is 5.78 Å². The van der Waals surface area contributed by atoms with Gasteiger partial charge in [-0.2, -0.15) is 0 Å². The fourth-order valence-corrected chi connectivity index (χ4v) is 5.30. The number of rotatable bonds is 8. The average molecular weight is 413 g/mol. The molecule has 2 aliphatic rings. The second kappa shape index (κ2) is 9.39. The molecule has 0 bridgehead atoms. The third kappa shape index (κ3) is 4.47. The Morgan fingerprint density at radius 3 is 2.48 bits per heavy atom. The maximum absolute atomic E-state index is 13.7. The van der Waals surface area contributed by atoms with Crippen LogP contribution in [0.15, 0.2) is 66.3 Å². The van der Waals surface area contributed by atoms with Gasteiger partial charge in [0.1, 0.15) is 0 Å². The molecule has 0 radical (unpaired) electrons. The predicted molar refractivity (Wildman–Crippen MR) is 131 cm³/mol. The van der Waals surface area contributed by atoms with Crippen LogP contribution in [0.1, 0.15) is 69.6 Å². The molecule has 0 amide bonds. The molecule has 1 heteroatoms. The fourth-order valence-electron chi connectivity index (χ4n) is 5.30. The van der Waals surface area contributed by atoms with E-state index in [2.05, 4.69) is 81.5 Å². The van der Waals surface area contributed by atoms with Gasteiger partial charge in [0.2, 0.25) is 0 Å². The van der Waals surface area contributed by atoms with Crippen molar-refractivity contribution in [3.8, 4) is 11.1 Å². The number of benzene rings is 2. The molecule has 1 saturated carbocycles. The summed E-state index contributed by atoms with van der Waals surface area (Å²) in [6.45, 7) is 6.68. The summed E-state index contributed by atoms with van der Waals surface area (Å²) in [5.74, 6) is 0.889. The molecule has 31 heavy (non-hydrogen) atoms. The van der Waals surface area contributed by atoms with E-state index in [9.17, 15) is 4.79 Å². The van der Waals surface area contributed by atoms with E-state index in [0.717, 1.165) is 37.7 Å². The summed E-state index contributed by atoms with van der Waals surface area (Å²) in [6, 6.07) is 15.9. The number of allylic oxidation sites excluding steroid dienone is 4. The monoisotopic (exact) mass is 412 g/mol. The van der Waals surface area contributed by atoms with Crippen LogP contribution in [0.25, 0.3) is 11.1 Å². The fraction of sp³-hybridized carbons (Fsp3) is 0.433. The zero-order valence-electron chi connectivity index (χ0n) is 19.4. The van der Waals surface area contributed by atoms with E-state index in [1.807, 2.05) is 0 Å². The number of ketones is 1. The minimum atomic E-state index is -0.300. The molecular weight excluding hydrogens is 376 g/mol. The third-order valence-electron chi connectivity index (χ3n) is 7.59. The molecule has 2 aliphatic carbocycles. The van der Waals surface area contributed by atoms with E-state index in [1.54, 1.807) is 0 Å². The lowest BCUT2D eigenvalue weighted by atomic mass is 9.60. The lowest BCUT2D eigenvalue weighted by Crippen LogP contribution is -2.42. The Balaban J connectivity index is 1.69. The highest BCUT2D eigenvalue weighted by molar-refractivity contribution is 6.00. The second-order valence-electron chi connectivity index (χ2n) is 9.59. The third-order valence-corrected chi connectivity index (χ3v) is 7.59. The largest absolute Gasteiger partial charge is 0.294 e. The van der Waals surface area contributed by atoms with Crippen molar-refractivity contribution in [2.75, 3.05) is 0 Å². The van der Waals surface area contributed by atoms with Crippen molar-refractivity contribution < 1.29 is 4.79 Å². The Bertz CT molecular complexity index is 1000. The first kappa shape index (κ1) is 21.8. The first-order chi connectivity index (χ1) is 15.0. The normalized spacial score (nSPS) is 18.2. The summed E-state index contributed by atoms with van der Waals surface area (Å²) in [5.41, 5.74) is 7.41. The van der Waals surface area contributed by atoms with Gasteiger partial charge in [-0.3, -0.25) is 4.79 Å². The first-order valence-electron chi connectivity index (χ1n) is 12.1. The summed E-state index contributed by atoms with van der Waals surface area (Å²) < 4.78 is 0. The van der Waals surface area contributed by atoms with Gasteiger partial charge >= 0.3 is 0 Å². The molecule has 0 N–H and O–H groups in total. The molecule has 2 aromatic rings. The maximum Gasteiger partial charge on any atom is 0.165 e. The van der Waals surface area contributed by atoms with E-state index in [1.165, 1.54) is 47.1 Å². The molecular formula is C30H36O. The van der Waals surface area contributed by atoms with Crippen LogP contribution < -0.4 is 0 Å². The molecule has 0 aromatic heterocycles. The number of aryl methyl sites for hydroxylation is 2. The summed E-state index contributed by atoms with van der Waals surface area (Å²) in [4.78, 5) is 13.7. The van der Waals surface area contributed by atoms with Crippen LogP contribution in [-0.2, 0) is 24.1 Å². The molecule has 162 valence electrons. The van der Waals surface area contributed by atoms with Crippen molar-refractivity contribution in [3.05, 3.63) is 83.0 Å². The molecule has 0 heterocycles. The van der Waals surface area contributed by atoms with Gasteiger partial charge in [0, 0.05) is 5.41 Å². The topological polar surface area (TPSA) is 17.1 Å². The smallest absolute Gasteiger partial charge is 0.165 e. The zero-order valence-corrected chi connectivity index (χ0v) is 19.4. The first-order valence-corrected chi connectivity index (χ1v) is 12.1. The highest BCUT2D eigenvalue weighted by Gasteiger charge is 2.44. The number of hydrogen-bond donors (Lipinski definition) is 0. The summed E-state index contributed by atoms with van der Waals surface area (Å²) >= 11 is 0. The Morgan fingerprint density at radius 2 is 1.84 bits per heavy atom. The highest BCUT2D eigenvalue weighted by atomic mass is 16.1. The number of carbonyl (C=O) groups is 1. The van der Waals surface area contributed by atoms with Gasteiger partial charge in [0.05, 0.1) is 0 Å². The Morgan fingerprint density at radius 1 is 1.00 bits per heavy atom. The van der Waals surface area contributed by atoms with Crippen LogP contribution in [0.3, 0.4) is 0 Å². The van der Waals surface area contributed by atoms with Crippen molar-refractivity contribution in [1.29, 1.82) is 0 Å². The van der Waals surface area contributed by atoms with Gasteiger partial charge in [0.25, 0.3) is 0 Å². The summed E-state index contributed by atoms with van der Waals surface area (Å²) in [7, 11) is 0. The standard InChI is InChI=1S/C30H36O/c1-4-22-11-9-14-26(19-22)28-20-23(17-18-24(28)5-2)21-30(3,27-15-10-16-27)29(31)25-12-7-6-8-13-25/h6-7,9,11,13-14,17-20,27H,4-5,8,10,12,15-16,21H2,1-3H3. The molecule has 0 aliphatic heterocycles. The van der Waals surface area contributed by atoms with Gasteiger partial charge in [-0.15, -0.1) is 0 Å². The molecule has 1 atom stereocenters. The minimum absolute atomic E-state index is 0.300. The van der Waals surface area contributed by atoms with Crippen molar-refractivity contribution in [2.45, 2.75) is 72.1 Å². The highest BCUT2D eigenvalue weighted by Crippen LogP contribution is 2.47. The molecule has 0 saturated heterocycles. The Kier molecular flexibility index (Phi) is 6.60. The van der Waals surface area contributed by atoms with Crippen LogP contribution in [0, 0.1) is 11.3 Å². The molecule has 2 aromatic carbocycles. The van der Waals surface area contributed by atoms with Gasteiger partial charge in [-0.05, 0) is 84.3 Å². The van der Waals surface area contributed by atoms with Crippen LogP contribution in [0.4, 0.5) is 0 Å². The summed E-state index contributed by atoms with van der Waals surface area (Å²) in [6.07, 6.45) is 14.7. The Hall–Kier alpha value is -2.41. The summed E-state index contributed by atoms with van der Waals surface area (Å²) in [5, 5.41) is 0. The lowest BCUT2D eigenvalue weighted by molar-refractivity contribution is -0.129. The van der Waals surface area contributed by atoms with Gasteiger partial charge in [-0.25, -0.2) is 0 Å². The second-order valence-corrected chi connectivity index (χ2v) is 9.59. The van der Waals surface area contributed by atoms with E-state index in [0.29, 0.717) is 11.7 Å². The maximum atomic E-state index is 13.7. The SMILES string of the molecule is CCc1cccc(-c2cc(CC(C)(C(=O)C3=CCC=CC3)C3CCC3)ccc2CC)c1. The predicted octanol–water partition coefficient (Wildman–Crippen LogP) is 7.67. The molecule has 1 unspecified atom stereocenters. The molecule has 0 spiro atoms. The molecule has 1 fully saturated rings. The van der Waals surface area contributed by atoms with Crippen LogP contribution in [0.5, 0.6) is 0 Å². The van der Waals surface area contributed by atoms with Crippen LogP contribution in [0.2, 0.25) is 0 Å². The van der Waals surface area contributed by atoms with E-state index in [-0.39, 0.29) is 5.41 Å². The van der Waals surface area contributed by atoms with Crippen LogP contribution >= 0.6 is 0 Å². The van der Waals surface area contributed by atoms with Crippen LogP contribution in [-0.4, -0.2) is 5.78 Å². The van der Waals surface area contributed by atoms with Crippen molar-refractivity contribution in [2.24, 2.45) is 11.3 Å². The van der Waals surface area contributed by atoms with E-state index in [4.69, 9.17) is 0 Å². The lowest BCUT2D eigenvalue weighted by Gasteiger charge is -2.42. The van der Waals surface area contributed by atoms with Gasteiger partial charge < -0.3 is 0 Å². The Labute approximate surface area is 188 Å². The quantitative estimate of drug-likeness (QED) is 0.406. The zero-order chi connectivity index (χ0) is 21.8. The van der Waals surface area contributed by atoms with E-state index < -0.39 is 0 Å². The average Bonchev–Trinajstić information content (AvgIpc) is 2.78. The van der Waals surface area contributed by atoms with Crippen molar-refractivity contribution in [3.63, 3.8) is 0 Å². The van der Waals surface area contributed by atoms with Gasteiger partial charge in [-0.1, -0.05) is 87.9 Å². The minimum Gasteiger partial charge on any atom is -0.294 e. The van der Waals surface area contributed by atoms with Gasteiger partial charge in [0.15, 0.2) is 5.78 Å². The number of hydrogen-bond acceptors (Lipinski definition) is 1. The molecule has 1 nitrogen and oxygen atoms in total.